The van der Waals surface area contributed by atoms with Gasteiger partial charge in [-0.15, -0.1) is 0 Å². The van der Waals surface area contributed by atoms with E-state index in [0.29, 0.717) is 6.54 Å². The second kappa shape index (κ2) is 5.58. The van der Waals surface area contributed by atoms with Gasteiger partial charge >= 0.3 is 0 Å². The molecular weight excluding hydrogens is 274 g/mol. The summed E-state index contributed by atoms with van der Waals surface area (Å²) >= 11 is 7.83. The number of aryl methyl sites for hydroxylation is 2. The fourth-order valence-electron chi connectivity index (χ4n) is 2.53. The Labute approximate surface area is 123 Å². The molecule has 2 aromatic rings. The summed E-state index contributed by atoms with van der Waals surface area (Å²) in [5, 5.41) is 0.765. The van der Waals surface area contributed by atoms with Gasteiger partial charge < -0.3 is 5.73 Å². The van der Waals surface area contributed by atoms with Crippen LogP contribution in [0, 0.1) is 0 Å². The predicted molar refractivity (Wildman–Crippen MR) is 81.9 cm³/mol. The lowest BCUT2D eigenvalue weighted by Crippen LogP contribution is -1.98. The van der Waals surface area contributed by atoms with Gasteiger partial charge in [0.1, 0.15) is 0 Å². The van der Waals surface area contributed by atoms with Crippen LogP contribution < -0.4 is 5.73 Å². The lowest BCUT2D eigenvalue weighted by atomic mass is 10.1. The fraction of sp³-hybridized carbons (Fsp3) is 0.250. The molecule has 0 aromatic heterocycles. The Bertz CT molecular complexity index is 610. The topological polar surface area (TPSA) is 26.0 Å². The maximum Gasteiger partial charge on any atom is 0.0417 e. The Hall–Kier alpha value is -0.960. The van der Waals surface area contributed by atoms with Crippen LogP contribution in [0.1, 0.15) is 23.1 Å². The maximum absolute atomic E-state index is 6.08. The third kappa shape index (κ3) is 2.81. The van der Waals surface area contributed by atoms with Gasteiger partial charge in [0, 0.05) is 21.4 Å². The van der Waals surface area contributed by atoms with Crippen LogP contribution in [0.15, 0.2) is 46.2 Å². The van der Waals surface area contributed by atoms with Crippen molar-refractivity contribution in [1.29, 1.82) is 0 Å². The molecule has 0 unspecified atom stereocenters. The molecular formula is C16H16ClNS. The molecule has 0 bridgehead atoms. The number of halogens is 1. The van der Waals surface area contributed by atoms with Crippen LogP contribution in [0.25, 0.3) is 0 Å². The standard InChI is InChI=1S/C16H16ClNS/c17-14-6-4-13(10-18)16(9-14)19-15-7-5-11-2-1-3-12(11)8-15/h4-9H,1-3,10,18H2. The van der Waals surface area contributed by atoms with E-state index < -0.39 is 0 Å². The fourth-order valence-corrected chi connectivity index (χ4v) is 3.83. The van der Waals surface area contributed by atoms with E-state index in [0.717, 1.165) is 15.5 Å². The Morgan fingerprint density at radius 3 is 2.74 bits per heavy atom. The van der Waals surface area contributed by atoms with Gasteiger partial charge in [-0.3, -0.25) is 0 Å². The summed E-state index contributed by atoms with van der Waals surface area (Å²) in [7, 11) is 0. The molecule has 0 saturated carbocycles. The number of fused-ring (bicyclic) bond motifs is 1. The highest BCUT2D eigenvalue weighted by molar-refractivity contribution is 7.99. The predicted octanol–water partition coefficient (Wildman–Crippen LogP) is 4.44. The van der Waals surface area contributed by atoms with E-state index in [-0.39, 0.29) is 0 Å². The Morgan fingerprint density at radius 2 is 1.89 bits per heavy atom. The summed E-state index contributed by atoms with van der Waals surface area (Å²) in [5.74, 6) is 0. The highest BCUT2D eigenvalue weighted by Gasteiger charge is 2.12. The molecule has 98 valence electrons. The minimum absolute atomic E-state index is 0.546. The molecule has 0 fully saturated rings. The highest BCUT2D eigenvalue weighted by Crippen LogP contribution is 2.35. The van der Waals surface area contributed by atoms with Gasteiger partial charge in [0.25, 0.3) is 0 Å². The molecule has 2 aromatic carbocycles. The number of nitrogens with two attached hydrogens (primary N) is 1. The Kier molecular flexibility index (Phi) is 3.83. The quantitative estimate of drug-likeness (QED) is 0.904. The van der Waals surface area contributed by atoms with Gasteiger partial charge in [0.05, 0.1) is 0 Å². The average molecular weight is 290 g/mol. The first-order valence-corrected chi connectivity index (χ1v) is 7.74. The molecule has 0 radical (unpaired) electrons. The van der Waals surface area contributed by atoms with Crippen molar-refractivity contribution in [2.24, 2.45) is 5.73 Å². The van der Waals surface area contributed by atoms with E-state index in [9.17, 15) is 0 Å². The SMILES string of the molecule is NCc1ccc(Cl)cc1Sc1ccc2c(c1)CCC2. The second-order valence-electron chi connectivity index (χ2n) is 4.84. The third-order valence-electron chi connectivity index (χ3n) is 3.55. The van der Waals surface area contributed by atoms with E-state index in [4.69, 9.17) is 17.3 Å². The zero-order valence-corrected chi connectivity index (χ0v) is 12.2. The Balaban J connectivity index is 1.90. The summed E-state index contributed by atoms with van der Waals surface area (Å²) in [5.41, 5.74) is 9.95. The lowest BCUT2D eigenvalue weighted by molar-refractivity contribution is 0.911. The number of hydrogen-bond acceptors (Lipinski definition) is 2. The molecule has 0 aliphatic heterocycles. The van der Waals surface area contributed by atoms with Gasteiger partial charge in [0.2, 0.25) is 0 Å². The van der Waals surface area contributed by atoms with Gasteiger partial charge in [-0.25, -0.2) is 0 Å². The van der Waals surface area contributed by atoms with E-state index in [1.54, 1.807) is 11.8 Å². The van der Waals surface area contributed by atoms with Crippen LogP contribution in [0.3, 0.4) is 0 Å². The molecule has 0 spiro atoms. The van der Waals surface area contributed by atoms with E-state index in [2.05, 4.69) is 18.2 Å². The summed E-state index contributed by atoms with van der Waals surface area (Å²) in [6.07, 6.45) is 3.73. The van der Waals surface area contributed by atoms with Crippen LogP contribution in [0.5, 0.6) is 0 Å². The van der Waals surface area contributed by atoms with Crippen LogP contribution in [0.2, 0.25) is 5.02 Å². The lowest BCUT2D eigenvalue weighted by Gasteiger charge is -2.09. The molecule has 0 heterocycles. The average Bonchev–Trinajstić information content (AvgIpc) is 2.86. The highest BCUT2D eigenvalue weighted by atomic mass is 35.5. The molecule has 19 heavy (non-hydrogen) atoms. The zero-order valence-electron chi connectivity index (χ0n) is 10.7. The van der Waals surface area contributed by atoms with E-state index in [1.807, 2.05) is 18.2 Å². The van der Waals surface area contributed by atoms with Crippen LogP contribution in [-0.2, 0) is 19.4 Å². The maximum atomic E-state index is 6.08. The first-order valence-electron chi connectivity index (χ1n) is 6.54. The molecule has 0 saturated heterocycles. The first kappa shape index (κ1) is 13.0. The molecule has 0 atom stereocenters. The molecule has 1 aliphatic carbocycles. The molecule has 1 aliphatic rings. The number of rotatable bonds is 3. The zero-order chi connectivity index (χ0) is 13.2. The molecule has 0 amide bonds. The number of hydrogen-bond donors (Lipinski definition) is 1. The van der Waals surface area contributed by atoms with Crippen LogP contribution in [0.4, 0.5) is 0 Å². The molecule has 3 heteroatoms. The van der Waals surface area contributed by atoms with Gasteiger partial charge in [-0.1, -0.05) is 35.5 Å². The van der Waals surface area contributed by atoms with E-state index >= 15 is 0 Å². The summed E-state index contributed by atoms with van der Waals surface area (Å²) in [4.78, 5) is 2.44. The number of benzene rings is 2. The molecule has 2 N–H and O–H groups in total. The molecule has 1 nitrogen and oxygen atoms in total. The summed E-state index contributed by atoms with van der Waals surface area (Å²) in [6.45, 7) is 0.546. The third-order valence-corrected chi connectivity index (χ3v) is 4.87. The van der Waals surface area contributed by atoms with Crippen molar-refractivity contribution in [3.63, 3.8) is 0 Å². The monoisotopic (exact) mass is 289 g/mol. The summed E-state index contributed by atoms with van der Waals surface area (Å²) < 4.78 is 0. The largest absolute Gasteiger partial charge is 0.326 e. The summed E-state index contributed by atoms with van der Waals surface area (Å²) in [6, 6.07) is 12.7. The first-order chi connectivity index (χ1) is 9.26. The van der Waals surface area contributed by atoms with Crippen molar-refractivity contribution in [3.05, 3.63) is 58.1 Å². The minimum atomic E-state index is 0.546. The second-order valence-corrected chi connectivity index (χ2v) is 6.39. The smallest absolute Gasteiger partial charge is 0.0417 e. The Morgan fingerprint density at radius 1 is 1.05 bits per heavy atom. The van der Waals surface area contributed by atoms with Gasteiger partial charge in [-0.05, 0) is 60.2 Å². The van der Waals surface area contributed by atoms with E-state index in [1.165, 1.54) is 35.3 Å². The van der Waals surface area contributed by atoms with Crippen LogP contribution >= 0.6 is 23.4 Å². The van der Waals surface area contributed by atoms with Crippen molar-refractivity contribution in [3.8, 4) is 0 Å². The van der Waals surface area contributed by atoms with Crippen molar-refractivity contribution < 1.29 is 0 Å². The minimum Gasteiger partial charge on any atom is -0.326 e. The van der Waals surface area contributed by atoms with Crippen molar-refractivity contribution in [2.75, 3.05) is 0 Å². The van der Waals surface area contributed by atoms with Gasteiger partial charge in [-0.2, -0.15) is 0 Å². The van der Waals surface area contributed by atoms with Crippen molar-refractivity contribution >= 4 is 23.4 Å². The van der Waals surface area contributed by atoms with Crippen molar-refractivity contribution in [2.45, 2.75) is 35.6 Å². The van der Waals surface area contributed by atoms with Gasteiger partial charge in [0.15, 0.2) is 0 Å². The normalized spacial score (nSPS) is 13.6. The van der Waals surface area contributed by atoms with Crippen molar-refractivity contribution in [1.82, 2.24) is 0 Å². The van der Waals surface area contributed by atoms with Crippen LogP contribution in [-0.4, -0.2) is 0 Å². The molecule has 3 rings (SSSR count).